The highest BCUT2D eigenvalue weighted by atomic mass is 16.6. The van der Waals surface area contributed by atoms with Crippen molar-refractivity contribution in [2.75, 3.05) is 0 Å². The van der Waals surface area contributed by atoms with Gasteiger partial charge in [0.2, 0.25) is 6.20 Å². The molecule has 0 fully saturated rings. The van der Waals surface area contributed by atoms with Crippen LogP contribution in [0.15, 0.2) is 12.3 Å². The lowest BCUT2D eigenvalue weighted by molar-refractivity contribution is -0.402. The van der Waals surface area contributed by atoms with Gasteiger partial charge in [-0.25, -0.2) is 0 Å². The molecule has 0 saturated heterocycles. The summed E-state index contributed by atoms with van der Waals surface area (Å²) in [5, 5.41) is 9.81. The van der Waals surface area contributed by atoms with Crippen LogP contribution in [-0.2, 0) is 0 Å². The molecule has 0 radical (unpaired) electrons. The second-order valence-corrected chi connectivity index (χ2v) is 2.52. The molecule has 0 amide bonds. The first-order chi connectivity index (χ1) is 5.27. The summed E-state index contributed by atoms with van der Waals surface area (Å²) in [7, 11) is 0. The molecular formula is C8H15NO2. The van der Waals surface area contributed by atoms with Gasteiger partial charge in [-0.2, -0.15) is 0 Å². The number of hydrogen-bond acceptors (Lipinski definition) is 2. The number of hydrogen-bond donors (Lipinski definition) is 0. The number of allylic oxidation sites excluding steroid dienone is 1. The number of nitro groups is 1. The van der Waals surface area contributed by atoms with Crippen molar-refractivity contribution in [3.63, 3.8) is 0 Å². The molecule has 0 N–H and O–H groups in total. The predicted molar refractivity (Wildman–Crippen MR) is 44.9 cm³/mol. The zero-order valence-electron chi connectivity index (χ0n) is 6.95. The van der Waals surface area contributed by atoms with Crippen molar-refractivity contribution < 1.29 is 4.92 Å². The average Bonchev–Trinajstić information content (AvgIpc) is 1.96. The quantitative estimate of drug-likeness (QED) is 0.338. The van der Waals surface area contributed by atoms with E-state index in [0.29, 0.717) is 0 Å². The van der Waals surface area contributed by atoms with Crippen LogP contribution in [0.1, 0.15) is 39.0 Å². The molecule has 0 spiro atoms. The molecule has 0 rings (SSSR count). The summed E-state index contributed by atoms with van der Waals surface area (Å²) >= 11 is 0. The van der Waals surface area contributed by atoms with Crippen LogP contribution in [0.4, 0.5) is 0 Å². The Morgan fingerprint density at radius 1 is 1.36 bits per heavy atom. The van der Waals surface area contributed by atoms with Gasteiger partial charge in [0.05, 0.1) is 4.92 Å². The molecule has 0 saturated carbocycles. The van der Waals surface area contributed by atoms with Gasteiger partial charge in [-0.05, 0) is 18.9 Å². The molecule has 11 heavy (non-hydrogen) atoms. The number of unbranched alkanes of at least 4 members (excludes halogenated alkanes) is 4. The van der Waals surface area contributed by atoms with E-state index < -0.39 is 4.92 Å². The Kier molecular flexibility index (Phi) is 6.68. The standard InChI is InChI=1S/C8H15NO2/c1-2-3-4-5-6-7-8-9(10)11/h7-8H,2-6H2,1H3/b8-7-. The van der Waals surface area contributed by atoms with Crippen LogP contribution < -0.4 is 0 Å². The Balaban J connectivity index is 3.07. The molecule has 3 nitrogen and oxygen atoms in total. The molecule has 0 heterocycles. The highest BCUT2D eigenvalue weighted by Gasteiger charge is 1.86. The summed E-state index contributed by atoms with van der Waals surface area (Å²) in [5.41, 5.74) is 0. The van der Waals surface area contributed by atoms with Crippen LogP contribution in [0.5, 0.6) is 0 Å². The monoisotopic (exact) mass is 157 g/mol. The maximum Gasteiger partial charge on any atom is 0.230 e. The lowest BCUT2D eigenvalue weighted by atomic mass is 10.1. The highest BCUT2D eigenvalue weighted by molar-refractivity contribution is 4.71. The topological polar surface area (TPSA) is 43.1 Å². The van der Waals surface area contributed by atoms with Crippen LogP contribution in [0, 0.1) is 10.1 Å². The van der Waals surface area contributed by atoms with Crippen LogP contribution in [0.25, 0.3) is 0 Å². The summed E-state index contributed by atoms with van der Waals surface area (Å²) in [4.78, 5) is 9.39. The minimum absolute atomic E-state index is 0.417. The molecule has 0 bridgehead atoms. The number of rotatable bonds is 6. The minimum atomic E-state index is -0.417. The van der Waals surface area contributed by atoms with Crippen LogP contribution in [-0.4, -0.2) is 4.92 Å². The van der Waals surface area contributed by atoms with Crippen LogP contribution >= 0.6 is 0 Å². The maximum atomic E-state index is 9.81. The van der Waals surface area contributed by atoms with Gasteiger partial charge in [0.25, 0.3) is 0 Å². The third-order valence-corrected chi connectivity index (χ3v) is 1.45. The molecule has 0 aliphatic heterocycles. The fourth-order valence-electron chi connectivity index (χ4n) is 0.850. The molecular weight excluding hydrogens is 142 g/mol. The molecule has 0 aromatic rings. The van der Waals surface area contributed by atoms with E-state index in [-0.39, 0.29) is 0 Å². The van der Waals surface area contributed by atoms with E-state index in [4.69, 9.17) is 0 Å². The average molecular weight is 157 g/mol. The zero-order chi connectivity index (χ0) is 8.53. The fourth-order valence-corrected chi connectivity index (χ4v) is 0.850. The van der Waals surface area contributed by atoms with E-state index in [1.54, 1.807) is 6.08 Å². The van der Waals surface area contributed by atoms with E-state index in [1.807, 2.05) is 0 Å². The van der Waals surface area contributed by atoms with Crippen molar-refractivity contribution in [3.8, 4) is 0 Å². The van der Waals surface area contributed by atoms with Gasteiger partial charge in [0.1, 0.15) is 0 Å². The lowest BCUT2D eigenvalue weighted by Crippen LogP contribution is -1.82. The van der Waals surface area contributed by atoms with E-state index in [2.05, 4.69) is 6.92 Å². The van der Waals surface area contributed by atoms with Gasteiger partial charge in [0.15, 0.2) is 0 Å². The van der Waals surface area contributed by atoms with E-state index in [9.17, 15) is 10.1 Å². The summed E-state index contributed by atoms with van der Waals surface area (Å²) in [5.74, 6) is 0. The van der Waals surface area contributed by atoms with Crippen molar-refractivity contribution in [3.05, 3.63) is 22.4 Å². The van der Waals surface area contributed by atoms with Gasteiger partial charge in [-0.15, -0.1) is 0 Å². The van der Waals surface area contributed by atoms with Crippen molar-refractivity contribution >= 4 is 0 Å². The van der Waals surface area contributed by atoms with Crippen molar-refractivity contribution in [2.45, 2.75) is 39.0 Å². The minimum Gasteiger partial charge on any atom is -0.259 e. The van der Waals surface area contributed by atoms with Crippen molar-refractivity contribution in [1.29, 1.82) is 0 Å². The van der Waals surface area contributed by atoms with Gasteiger partial charge in [-0.3, -0.25) is 10.1 Å². The fraction of sp³-hybridized carbons (Fsp3) is 0.750. The Bertz CT molecular complexity index is 132. The van der Waals surface area contributed by atoms with Gasteiger partial charge < -0.3 is 0 Å². The van der Waals surface area contributed by atoms with Gasteiger partial charge in [0, 0.05) is 0 Å². The summed E-state index contributed by atoms with van der Waals surface area (Å²) in [6.45, 7) is 2.15. The smallest absolute Gasteiger partial charge is 0.230 e. The molecule has 0 aliphatic carbocycles. The van der Waals surface area contributed by atoms with Gasteiger partial charge in [-0.1, -0.05) is 26.2 Å². The zero-order valence-corrected chi connectivity index (χ0v) is 6.95. The second kappa shape index (κ2) is 7.25. The third kappa shape index (κ3) is 9.14. The van der Waals surface area contributed by atoms with E-state index in [1.165, 1.54) is 19.3 Å². The van der Waals surface area contributed by atoms with Crippen molar-refractivity contribution in [2.24, 2.45) is 0 Å². The largest absolute Gasteiger partial charge is 0.259 e. The Morgan fingerprint density at radius 2 is 2.09 bits per heavy atom. The summed E-state index contributed by atoms with van der Waals surface area (Å²) in [6.07, 6.45) is 8.16. The maximum absolute atomic E-state index is 9.81. The molecule has 0 aromatic carbocycles. The molecule has 0 atom stereocenters. The summed E-state index contributed by atoms with van der Waals surface area (Å²) < 4.78 is 0. The normalized spacial score (nSPS) is 10.6. The van der Waals surface area contributed by atoms with Crippen LogP contribution in [0.2, 0.25) is 0 Å². The third-order valence-electron chi connectivity index (χ3n) is 1.45. The Morgan fingerprint density at radius 3 is 2.64 bits per heavy atom. The first kappa shape index (κ1) is 10.1. The van der Waals surface area contributed by atoms with Gasteiger partial charge >= 0.3 is 0 Å². The number of nitrogens with zero attached hydrogens (tertiary/aromatic N) is 1. The first-order valence-electron chi connectivity index (χ1n) is 4.07. The highest BCUT2D eigenvalue weighted by Crippen LogP contribution is 2.02. The van der Waals surface area contributed by atoms with Crippen molar-refractivity contribution in [1.82, 2.24) is 0 Å². The SMILES string of the molecule is CCCCCC/C=C\[N+](=O)[O-]. The molecule has 64 valence electrons. The Hall–Kier alpha value is -0.860. The van der Waals surface area contributed by atoms with E-state index in [0.717, 1.165) is 19.0 Å². The molecule has 0 aliphatic rings. The Labute approximate surface area is 67.3 Å². The molecule has 3 heteroatoms. The lowest BCUT2D eigenvalue weighted by Gasteiger charge is -1.92. The van der Waals surface area contributed by atoms with Crippen LogP contribution in [0.3, 0.4) is 0 Å². The molecule has 0 unspecified atom stereocenters. The first-order valence-corrected chi connectivity index (χ1v) is 4.07. The van der Waals surface area contributed by atoms with E-state index >= 15 is 0 Å². The predicted octanol–water partition coefficient (Wildman–Crippen LogP) is 2.75. The molecule has 0 aromatic heterocycles. The second-order valence-electron chi connectivity index (χ2n) is 2.52. The summed E-state index contributed by atoms with van der Waals surface area (Å²) in [6, 6.07) is 0.